The number of anilines is 2. The van der Waals surface area contributed by atoms with Crippen molar-refractivity contribution in [2.45, 2.75) is 13.5 Å². The summed E-state index contributed by atoms with van der Waals surface area (Å²) in [4.78, 5) is 11.1. The third kappa shape index (κ3) is 4.61. The molecule has 0 radical (unpaired) electrons. The molecule has 1 amide bonds. The molecule has 3 aromatic carbocycles. The van der Waals surface area contributed by atoms with Crippen molar-refractivity contribution in [2.24, 2.45) is 0 Å². The predicted molar refractivity (Wildman–Crippen MR) is 111 cm³/mol. The fourth-order valence-corrected chi connectivity index (χ4v) is 3.08. The van der Waals surface area contributed by atoms with Gasteiger partial charge in [0, 0.05) is 35.4 Å². The Morgan fingerprint density at radius 2 is 1.79 bits per heavy atom. The van der Waals surface area contributed by atoms with Gasteiger partial charge in [-0.3, -0.25) is 4.79 Å². The van der Waals surface area contributed by atoms with Crippen LogP contribution in [0.1, 0.15) is 12.5 Å². The average Bonchev–Trinajstić information content (AvgIpc) is 2.67. The molecule has 2 N–H and O–H groups in total. The molecule has 28 heavy (non-hydrogen) atoms. The zero-order valence-electron chi connectivity index (χ0n) is 15.6. The molecule has 3 aromatic rings. The minimum absolute atomic E-state index is 0.130. The first-order valence-electron chi connectivity index (χ1n) is 8.70. The van der Waals surface area contributed by atoms with Crippen LogP contribution < -0.4 is 15.4 Å². The second-order valence-corrected chi connectivity index (χ2v) is 6.67. The molecule has 4 nitrogen and oxygen atoms in total. The van der Waals surface area contributed by atoms with Gasteiger partial charge in [0.2, 0.25) is 5.91 Å². The summed E-state index contributed by atoms with van der Waals surface area (Å²) in [5, 5.41) is 6.43. The summed E-state index contributed by atoms with van der Waals surface area (Å²) in [7, 11) is 1.51. The van der Waals surface area contributed by atoms with Crippen molar-refractivity contribution < 1.29 is 13.9 Å². The van der Waals surface area contributed by atoms with Crippen LogP contribution in [0.5, 0.6) is 5.75 Å². The summed E-state index contributed by atoms with van der Waals surface area (Å²) >= 11 is 6.07. The first-order valence-corrected chi connectivity index (χ1v) is 9.08. The molecule has 0 atom stereocenters. The Morgan fingerprint density at radius 3 is 2.43 bits per heavy atom. The number of halogens is 2. The lowest BCUT2D eigenvalue weighted by atomic mass is 10.0. The van der Waals surface area contributed by atoms with E-state index in [0.29, 0.717) is 39.7 Å². The van der Waals surface area contributed by atoms with Gasteiger partial charge in [0.15, 0.2) is 0 Å². The third-order valence-electron chi connectivity index (χ3n) is 4.21. The number of amides is 1. The van der Waals surface area contributed by atoms with Crippen molar-refractivity contribution >= 4 is 28.9 Å². The summed E-state index contributed by atoms with van der Waals surface area (Å²) in [6.07, 6.45) is 0. The van der Waals surface area contributed by atoms with Crippen LogP contribution in [0.2, 0.25) is 5.02 Å². The summed E-state index contributed by atoms with van der Waals surface area (Å²) < 4.78 is 20.6. The molecule has 0 saturated heterocycles. The maximum atomic E-state index is 15.2. The van der Waals surface area contributed by atoms with E-state index < -0.39 is 0 Å². The van der Waals surface area contributed by atoms with Gasteiger partial charge in [0.1, 0.15) is 11.6 Å². The van der Waals surface area contributed by atoms with Gasteiger partial charge in [-0.15, -0.1) is 0 Å². The molecule has 0 unspecified atom stereocenters. The van der Waals surface area contributed by atoms with Gasteiger partial charge in [-0.2, -0.15) is 0 Å². The van der Waals surface area contributed by atoms with Crippen LogP contribution in [0.15, 0.2) is 60.7 Å². The van der Waals surface area contributed by atoms with Crippen LogP contribution in [-0.4, -0.2) is 13.0 Å². The van der Waals surface area contributed by atoms with E-state index in [0.717, 1.165) is 5.69 Å². The van der Waals surface area contributed by atoms with Gasteiger partial charge in [0.05, 0.1) is 12.7 Å². The van der Waals surface area contributed by atoms with Crippen LogP contribution in [0, 0.1) is 5.82 Å². The Bertz CT molecular complexity index is 990. The normalized spacial score (nSPS) is 10.4. The Labute approximate surface area is 168 Å². The van der Waals surface area contributed by atoms with Crippen molar-refractivity contribution in [1.82, 2.24) is 0 Å². The van der Waals surface area contributed by atoms with Gasteiger partial charge in [-0.25, -0.2) is 4.39 Å². The molecule has 0 fully saturated rings. The van der Waals surface area contributed by atoms with Crippen LogP contribution in [0.4, 0.5) is 15.8 Å². The number of carbonyl (C=O) groups excluding carboxylic acids is 1. The van der Waals surface area contributed by atoms with Crippen molar-refractivity contribution in [3.63, 3.8) is 0 Å². The number of hydrogen-bond acceptors (Lipinski definition) is 3. The van der Waals surface area contributed by atoms with E-state index in [4.69, 9.17) is 16.3 Å². The first kappa shape index (κ1) is 19.7. The third-order valence-corrected chi connectivity index (χ3v) is 4.44. The Balaban J connectivity index is 1.83. The average molecular weight is 399 g/mol. The number of ether oxygens (including phenoxy) is 1. The Hall–Kier alpha value is -3.05. The molecule has 6 heteroatoms. The molecular formula is C22H20ClFN2O2. The van der Waals surface area contributed by atoms with Gasteiger partial charge in [-0.05, 0) is 48.0 Å². The number of rotatable bonds is 6. The van der Waals surface area contributed by atoms with Crippen LogP contribution in [-0.2, 0) is 11.3 Å². The van der Waals surface area contributed by atoms with Crippen molar-refractivity contribution in [3.8, 4) is 16.9 Å². The molecule has 0 aliphatic rings. The lowest BCUT2D eigenvalue weighted by Gasteiger charge is -2.15. The number of nitrogens with one attached hydrogen (secondary N) is 2. The molecule has 0 aromatic heterocycles. The monoisotopic (exact) mass is 398 g/mol. The predicted octanol–water partition coefficient (Wildman–Crippen LogP) is 5.73. The fourth-order valence-electron chi connectivity index (χ4n) is 2.89. The van der Waals surface area contributed by atoms with Gasteiger partial charge >= 0.3 is 0 Å². The topological polar surface area (TPSA) is 50.4 Å². The smallest absolute Gasteiger partial charge is 0.221 e. The highest BCUT2D eigenvalue weighted by Crippen LogP contribution is 2.35. The van der Waals surface area contributed by atoms with E-state index in [2.05, 4.69) is 10.6 Å². The number of hydrogen-bond donors (Lipinski definition) is 2. The number of methoxy groups -OCH3 is 1. The van der Waals surface area contributed by atoms with Crippen LogP contribution in [0.3, 0.4) is 0 Å². The zero-order chi connectivity index (χ0) is 20.1. The Kier molecular flexibility index (Phi) is 6.16. The standard InChI is InChI=1S/C22H20ClFN2O2/c1-14(27)26-19-9-7-18(8-10-19)25-13-16-6-11-20(28-2)21(22(16)24)15-4-3-5-17(23)12-15/h3-12,25H,13H2,1-2H3,(H,26,27). The molecule has 0 saturated carbocycles. The summed E-state index contributed by atoms with van der Waals surface area (Å²) in [6, 6.07) is 17.7. The van der Waals surface area contributed by atoms with Gasteiger partial charge in [0.25, 0.3) is 0 Å². The van der Waals surface area contributed by atoms with E-state index in [1.54, 1.807) is 48.5 Å². The van der Waals surface area contributed by atoms with E-state index in [1.807, 2.05) is 12.1 Å². The summed E-state index contributed by atoms with van der Waals surface area (Å²) in [6.45, 7) is 1.75. The second kappa shape index (κ2) is 8.76. The second-order valence-electron chi connectivity index (χ2n) is 6.24. The minimum atomic E-state index is -0.357. The first-order chi connectivity index (χ1) is 13.5. The largest absolute Gasteiger partial charge is 0.496 e. The maximum Gasteiger partial charge on any atom is 0.221 e. The fraction of sp³-hybridized carbons (Fsp3) is 0.136. The van der Waals surface area contributed by atoms with Crippen LogP contribution >= 0.6 is 11.6 Å². The maximum absolute atomic E-state index is 15.2. The molecule has 3 rings (SSSR count). The molecule has 0 heterocycles. The SMILES string of the molecule is COc1ccc(CNc2ccc(NC(C)=O)cc2)c(F)c1-c1cccc(Cl)c1. The van der Waals surface area contributed by atoms with E-state index in [1.165, 1.54) is 14.0 Å². The Morgan fingerprint density at radius 1 is 1.07 bits per heavy atom. The summed E-state index contributed by atoms with van der Waals surface area (Å²) in [5.41, 5.74) is 3.06. The molecule has 0 aliphatic heterocycles. The summed E-state index contributed by atoms with van der Waals surface area (Å²) in [5.74, 6) is -0.0401. The van der Waals surface area contributed by atoms with E-state index >= 15 is 4.39 Å². The van der Waals surface area contributed by atoms with Gasteiger partial charge in [-0.1, -0.05) is 29.8 Å². The van der Waals surface area contributed by atoms with Crippen molar-refractivity contribution in [2.75, 3.05) is 17.7 Å². The van der Waals surface area contributed by atoms with Crippen molar-refractivity contribution in [3.05, 3.63) is 77.1 Å². The van der Waals surface area contributed by atoms with E-state index in [9.17, 15) is 4.79 Å². The highest BCUT2D eigenvalue weighted by Gasteiger charge is 2.16. The van der Waals surface area contributed by atoms with Crippen LogP contribution in [0.25, 0.3) is 11.1 Å². The zero-order valence-corrected chi connectivity index (χ0v) is 16.3. The van der Waals surface area contributed by atoms with Crippen molar-refractivity contribution in [1.29, 1.82) is 0 Å². The quantitative estimate of drug-likeness (QED) is 0.557. The molecule has 0 bridgehead atoms. The molecule has 144 valence electrons. The number of benzene rings is 3. The highest BCUT2D eigenvalue weighted by molar-refractivity contribution is 6.30. The minimum Gasteiger partial charge on any atom is -0.496 e. The van der Waals surface area contributed by atoms with E-state index in [-0.39, 0.29) is 11.7 Å². The molecule has 0 spiro atoms. The lowest BCUT2D eigenvalue weighted by Crippen LogP contribution is -2.06. The molecular weight excluding hydrogens is 379 g/mol. The lowest BCUT2D eigenvalue weighted by molar-refractivity contribution is -0.114. The molecule has 0 aliphatic carbocycles. The van der Waals surface area contributed by atoms with Gasteiger partial charge < -0.3 is 15.4 Å². The highest BCUT2D eigenvalue weighted by atomic mass is 35.5. The number of carbonyl (C=O) groups is 1.